The van der Waals surface area contributed by atoms with Crippen molar-refractivity contribution in [2.75, 3.05) is 7.11 Å². The molecule has 0 saturated heterocycles. The number of primary amides is 1. The largest absolute Gasteiger partial charge is 0.495 e. The topological polar surface area (TPSA) is 87.2 Å². The Labute approximate surface area is 132 Å². The van der Waals surface area contributed by atoms with E-state index in [1.807, 2.05) is 24.3 Å². The van der Waals surface area contributed by atoms with Gasteiger partial charge in [0.25, 0.3) is 11.5 Å². The molecular formula is C17H15N3O3. The lowest BCUT2D eigenvalue weighted by atomic mass is 10.1. The van der Waals surface area contributed by atoms with Gasteiger partial charge >= 0.3 is 0 Å². The van der Waals surface area contributed by atoms with Crippen molar-refractivity contribution in [3.05, 3.63) is 70.3 Å². The Hall–Kier alpha value is -3.15. The summed E-state index contributed by atoms with van der Waals surface area (Å²) in [6, 6.07) is 12.7. The van der Waals surface area contributed by atoms with Crippen molar-refractivity contribution in [1.82, 2.24) is 9.55 Å². The summed E-state index contributed by atoms with van der Waals surface area (Å²) in [5.41, 5.74) is 6.12. The lowest BCUT2D eigenvalue weighted by Gasteiger charge is -2.15. The van der Waals surface area contributed by atoms with Crippen LogP contribution in [0.3, 0.4) is 0 Å². The Bertz CT molecular complexity index is 933. The van der Waals surface area contributed by atoms with E-state index in [4.69, 9.17) is 10.5 Å². The number of benzene rings is 1. The number of hydrogen-bond acceptors (Lipinski definition) is 4. The van der Waals surface area contributed by atoms with E-state index in [-0.39, 0.29) is 17.9 Å². The van der Waals surface area contributed by atoms with Crippen molar-refractivity contribution in [2.24, 2.45) is 5.73 Å². The molecule has 2 heterocycles. The van der Waals surface area contributed by atoms with Gasteiger partial charge in [0, 0.05) is 11.6 Å². The van der Waals surface area contributed by atoms with Crippen LogP contribution in [0.2, 0.25) is 0 Å². The SMILES string of the molecule is COc1c(C(N)=O)c(=O)n(Cc2ccccn2)c2ccccc12. The van der Waals surface area contributed by atoms with Crippen molar-refractivity contribution in [1.29, 1.82) is 0 Å². The third kappa shape index (κ3) is 2.55. The predicted molar refractivity (Wildman–Crippen MR) is 86.6 cm³/mol. The van der Waals surface area contributed by atoms with E-state index < -0.39 is 11.5 Å². The number of methoxy groups -OCH3 is 1. The Morgan fingerprint density at radius 3 is 2.61 bits per heavy atom. The number of carbonyl (C=O) groups is 1. The highest BCUT2D eigenvalue weighted by atomic mass is 16.5. The molecule has 2 aromatic heterocycles. The number of rotatable bonds is 4. The number of fused-ring (bicyclic) bond motifs is 1. The molecule has 0 atom stereocenters. The standard InChI is InChI=1S/C17H15N3O3/c1-23-15-12-7-2-3-8-13(12)20(17(22)14(15)16(18)21)10-11-6-4-5-9-19-11/h2-9H,10H2,1H3,(H2,18,21). The first-order valence-electron chi connectivity index (χ1n) is 7.02. The van der Waals surface area contributed by atoms with Gasteiger partial charge in [-0.15, -0.1) is 0 Å². The molecule has 0 aliphatic heterocycles. The molecule has 0 aliphatic carbocycles. The Morgan fingerprint density at radius 2 is 1.96 bits per heavy atom. The third-order valence-electron chi connectivity index (χ3n) is 3.62. The van der Waals surface area contributed by atoms with Gasteiger partial charge < -0.3 is 15.0 Å². The number of carbonyl (C=O) groups excluding carboxylic acids is 1. The first-order valence-corrected chi connectivity index (χ1v) is 7.02. The van der Waals surface area contributed by atoms with Crippen LogP contribution in [0.4, 0.5) is 0 Å². The van der Waals surface area contributed by atoms with Crippen LogP contribution in [0, 0.1) is 0 Å². The minimum atomic E-state index is -0.813. The fourth-order valence-electron chi connectivity index (χ4n) is 2.62. The molecule has 0 fully saturated rings. The number of aromatic nitrogens is 2. The van der Waals surface area contributed by atoms with Crippen molar-refractivity contribution in [3.8, 4) is 5.75 Å². The van der Waals surface area contributed by atoms with E-state index in [2.05, 4.69) is 4.98 Å². The Kier molecular flexibility index (Phi) is 3.80. The smallest absolute Gasteiger partial charge is 0.268 e. The second-order valence-electron chi connectivity index (χ2n) is 5.00. The van der Waals surface area contributed by atoms with Crippen LogP contribution in [0.25, 0.3) is 10.9 Å². The highest BCUT2D eigenvalue weighted by molar-refractivity contribution is 6.01. The van der Waals surface area contributed by atoms with Gasteiger partial charge in [-0.2, -0.15) is 0 Å². The second-order valence-corrected chi connectivity index (χ2v) is 5.00. The lowest BCUT2D eigenvalue weighted by molar-refractivity contribution is 0.0995. The number of nitrogens with two attached hydrogens (primary N) is 1. The molecule has 3 rings (SSSR count). The highest BCUT2D eigenvalue weighted by Gasteiger charge is 2.21. The van der Waals surface area contributed by atoms with Crippen molar-refractivity contribution in [3.63, 3.8) is 0 Å². The van der Waals surface area contributed by atoms with Crippen molar-refractivity contribution in [2.45, 2.75) is 6.54 Å². The van der Waals surface area contributed by atoms with Crippen LogP contribution < -0.4 is 16.0 Å². The van der Waals surface area contributed by atoms with E-state index in [0.717, 1.165) is 0 Å². The summed E-state index contributed by atoms with van der Waals surface area (Å²) in [7, 11) is 1.41. The first kappa shape index (κ1) is 14.8. The maximum atomic E-state index is 12.8. The molecule has 23 heavy (non-hydrogen) atoms. The number of nitrogens with zero attached hydrogens (tertiary/aromatic N) is 2. The van der Waals surface area contributed by atoms with Gasteiger partial charge in [0.2, 0.25) is 0 Å². The minimum absolute atomic E-state index is 0.151. The fourth-order valence-corrected chi connectivity index (χ4v) is 2.62. The predicted octanol–water partition coefficient (Wildman–Crippen LogP) is 1.55. The molecule has 0 aliphatic rings. The van der Waals surface area contributed by atoms with Gasteiger partial charge in [0.05, 0.1) is 24.9 Å². The zero-order valence-electron chi connectivity index (χ0n) is 12.5. The van der Waals surface area contributed by atoms with E-state index in [1.54, 1.807) is 24.4 Å². The van der Waals surface area contributed by atoms with Crippen LogP contribution in [-0.4, -0.2) is 22.6 Å². The summed E-state index contributed by atoms with van der Waals surface area (Å²) in [5.74, 6) is -0.609. The Balaban J connectivity index is 2.35. The highest BCUT2D eigenvalue weighted by Crippen LogP contribution is 2.27. The molecule has 2 N–H and O–H groups in total. The minimum Gasteiger partial charge on any atom is -0.495 e. The first-order chi connectivity index (χ1) is 11.1. The normalized spacial score (nSPS) is 10.7. The van der Waals surface area contributed by atoms with E-state index in [0.29, 0.717) is 16.6 Å². The summed E-state index contributed by atoms with van der Waals surface area (Å²) in [6.07, 6.45) is 1.65. The maximum Gasteiger partial charge on any atom is 0.268 e. The van der Waals surface area contributed by atoms with Crippen LogP contribution >= 0.6 is 0 Å². The lowest BCUT2D eigenvalue weighted by Crippen LogP contribution is -2.31. The van der Waals surface area contributed by atoms with Gasteiger partial charge in [0.1, 0.15) is 11.3 Å². The summed E-state index contributed by atoms with van der Waals surface area (Å²) in [6.45, 7) is 0.241. The van der Waals surface area contributed by atoms with Gasteiger partial charge in [-0.25, -0.2) is 0 Å². The quantitative estimate of drug-likeness (QED) is 0.792. The molecule has 1 aromatic carbocycles. The van der Waals surface area contributed by atoms with Gasteiger partial charge in [-0.3, -0.25) is 14.6 Å². The van der Waals surface area contributed by atoms with Crippen LogP contribution in [0.1, 0.15) is 16.1 Å². The molecule has 3 aromatic rings. The molecule has 1 amide bonds. The zero-order valence-corrected chi connectivity index (χ0v) is 12.5. The zero-order chi connectivity index (χ0) is 16.4. The second kappa shape index (κ2) is 5.92. The van der Waals surface area contributed by atoms with Gasteiger partial charge in [-0.1, -0.05) is 18.2 Å². The molecule has 116 valence electrons. The summed E-state index contributed by atoms with van der Waals surface area (Å²) >= 11 is 0. The van der Waals surface area contributed by atoms with Gasteiger partial charge in [-0.05, 0) is 24.3 Å². The molecule has 0 saturated carbocycles. The molecule has 6 heteroatoms. The molecule has 0 unspecified atom stereocenters. The number of ether oxygens (including phenoxy) is 1. The van der Waals surface area contributed by atoms with E-state index in [1.165, 1.54) is 11.7 Å². The number of amides is 1. The number of pyridine rings is 2. The molecule has 6 nitrogen and oxygen atoms in total. The summed E-state index contributed by atoms with van der Waals surface area (Å²) < 4.78 is 6.76. The number of hydrogen-bond donors (Lipinski definition) is 1. The summed E-state index contributed by atoms with van der Waals surface area (Å²) in [5, 5.41) is 0.652. The van der Waals surface area contributed by atoms with E-state index in [9.17, 15) is 9.59 Å². The van der Waals surface area contributed by atoms with Crippen molar-refractivity contribution >= 4 is 16.8 Å². The average Bonchev–Trinajstić information content (AvgIpc) is 2.57. The molecule has 0 radical (unpaired) electrons. The maximum absolute atomic E-state index is 12.8. The number of para-hydroxylation sites is 1. The molecular weight excluding hydrogens is 294 g/mol. The Morgan fingerprint density at radius 1 is 1.22 bits per heavy atom. The summed E-state index contributed by atoms with van der Waals surface area (Å²) in [4.78, 5) is 28.8. The third-order valence-corrected chi connectivity index (χ3v) is 3.62. The molecule has 0 spiro atoms. The average molecular weight is 309 g/mol. The van der Waals surface area contributed by atoms with Crippen molar-refractivity contribution < 1.29 is 9.53 Å². The molecule has 0 bridgehead atoms. The monoisotopic (exact) mass is 309 g/mol. The van der Waals surface area contributed by atoms with Crippen LogP contribution in [0.5, 0.6) is 5.75 Å². The van der Waals surface area contributed by atoms with Crippen LogP contribution in [-0.2, 0) is 6.54 Å². The van der Waals surface area contributed by atoms with Gasteiger partial charge in [0.15, 0.2) is 0 Å². The van der Waals surface area contributed by atoms with Crippen LogP contribution in [0.15, 0.2) is 53.5 Å². The fraction of sp³-hybridized carbons (Fsp3) is 0.118. The van der Waals surface area contributed by atoms with E-state index >= 15 is 0 Å².